The Labute approximate surface area is 370 Å². The van der Waals surface area contributed by atoms with E-state index in [0.29, 0.717) is 13.0 Å². The molecule has 358 valence electrons. The number of hydrogen-bond acceptors (Lipinski definition) is 16. The number of cyclic esters (lactones) is 1. The van der Waals surface area contributed by atoms with E-state index < -0.39 is 106 Å². The monoisotopic (exact) mass is 903 g/mol. The minimum Gasteiger partial charge on any atom is -0.483 e. The zero-order chi connectivity index (χ0) is 46.7. The van der Waals surface area contributed by atoms with E-state index in [1.54, 1.807) is 67.6 Å². The highest BCUT2D eigenvalue weighted by Crippen LogP contribution is 2.40. The lowest BCUT2D eigenvalue weighted by Gasteiger charge is -2.48. The molecule has 0 amide bonds. The number of aliphatic hydroxyl groups is 4. The summed E-state index contributed by atoms with van der Waals surface area (Å²) in [5.41, 5.74) is -4.54. The van der Waals surface area contributed by atoms with E-state index in [4.69, 9.17) is 33.2 Å². The molecule has 10 unspecified atom stereocenters. The second-order valence-corrected chi connectivity index (χ2v) is 21.3. The highest BCUT2D eigenvalue weighted by Gasteiger charge is 2.53. The largest absolute Gasteiger partial charge is 0.483 e. The lowest BCUT2D eigenvalue weighted by molar-refractivity contribution is -0.314. The van der Waals surface area contributed by atoms with Crippen LogP contribution in [0.1, 0.15) is 102 Å². The number of nitrogens with zero attached hydrogens (tertiary/aromatic N) is 1. The SMILES string of the molecule is CCC1OC(=O)C(C)C(O[C@H]2C[C@@](C)(OC)[C@@H](O)[C@H](C)O2)C(C)C(O[C@@H]2O[C@H](C)C[C@H](NC)[C@H]2Oc2cccc(S(=O)(=O)CC)c2)C(C)(O)CC(C)CN(C)C(C)C(O)C1(C)O. The van der Waals surface area contributed by atoms with Crippen LogP contribution < -0.4 is 10.1 Å². The van der Waals surface area contributed by atoms with Crippen LogP contribution in [-0.2, 0) is 43.1 Å². The van der Waals surface area contributed by atoms with Crippen LogP contribution in [0.4, 0.5) is 0 Å². The molecule has 3 heterocycles. The molecule has 18 atom stereocenters. The van der Waals surface area contributed by atoms with Crippen LogP contribution in [0.25, 0.3) is 0 Å². The second kappa shape index (κ2) is 21.1. The Morgan fingerprint density at radius 1 is 0.952 bits per heavy atom. The van der Waals surface area contributed by atoms with Gasteiger partial charge in [-0.15, -0.1) is 0 Å². The topological polar surface area (TPSA) is 212 Å². The Morgan fingerprint density at radius 2 is 1.61 bits per heavy atom. The van der Waals surface area contributed by atoms with Gasteiger partial charge in [0, 0.05) is 32.0 Å². The fourth-order valence-corrected chi connectivity index (χ4v) is 10.6. The van der Waals surface area contributed by atoms with Gasteiger partial charge in [-0.2, -0.15) is 0 Å². The molecule has 0 radical (unpaired) electrons. The number of rotatable bonds is 11. The molecular formula is C45H78N2O14S. The predicted octanol–water partition coefficient (Wildman–Crippen LogP) is 3.44. The maximum atomic E-state index is 14.5. The van der Waals surface area contributed by atoms with Gasteiger partial charge in [-0.1, -0.05) is 33.8 Å². The molecule has 0 saturated carbocycles. The van der Waals surface area contributed by atoms with Crippen LogP contribution in [0.3, 0.4) is 0 Å². The molecule has 0 bridgehead atoms. The van der Waals surface area contributed by atoms with Crippen molar-refractivity contribution < 1.29 is 66.8 Å². The lowest BCUT2D eigenvalue weighted by atomic mass is 9.77. The van der Waals surface area contributed by atoms with Crippen LogP contribution in [0.5, 0.6) is 5.75 Å². The first-order chi connectivity index (χ1) is 28.8. The number of carbonyl (C=O) groups is 1. The van der Waals surface area contributed by atoms with Crippen LogP contribution in [0.15, 0.2) is 29.2 Å². The Balaban J connectivity index is 1.87. The number of methoxy groups -OCH3 is 1. The number of hydrogen-bond donors (Lipinski definition) is 5. The third-order valence-corrected chi connectivity index (χ3v) is 15.5. The van der Waals surface area contributed by atoms with Gasteiger partial charge in [-0.3, -0.25) is 4.79 Å². The Morgan fingerprint density at radius 3 is 2.21 bits per heavy atom. The van der Waals surface area contributed by atoms with E-state index in [0.717, 1.165) is 0 Å². The van der Waals surface area contributed by atoms with Crippen molar-refractivity contribution in [3.8, 4) is 5.75 Å². The van der Waals surface area contributed by atoms with Gasteiger partial charge in [-0.05, 0) is 106 Å². The number of nitrogens with one attached hydrogen (secondary N) is 1. The molecule has 3 fully saturated rings. The predicted molar refractivity (Wildman–Crippen MR) is 232 cm³/mol. The third kappa shape index (κ3) is 11.9. The summed E-state index contributed by atoms with van der Waals surface area (Å²) < 4.78 is 70.8. The summed E-state index contributed by atoms with van der Waals surface area (Å²) in [6, 6.07) is 5.37. The van der Waals surface area contributed by atoms with Gasteiger partial charge in [-0.25, -0.2) is 8.42 Å². The van der Waals surface area contributed by atoms with Crippen molar-refractivity contribution in [1.82, 2.24) is 10.2 Å². The zero-order valence-corrected chi connectivity index (χ0v) is 40.3. The van der Waals surface area contributed by atoms with Crippen molar-refractivity contribution in [2.75, 3.05) is 33.5 Å². The molecule has 3 aliphatic rings. The molecule has 4 rings (SSSR count). The molecule has 62 heavy (non-hydrogen) atoms. The standard InChI is InChI=1S/C45H78N2O14S/c1-15-34-45(11,52)38(48)29(7)47(13)24-25(3)22-43(9,51)40(27(5)36(28(6)41(50)59-34)60-35-23-44(10,55-14)39(49)30(8)57-35)61-42-37(33(46-12)20-26(4)56-42)58-31-18-17-19-32(21-31)62(53,54)16-2/h17-19,21,25-30,33-40,42,46,48-49,51-52H,15-16,20,22-24H2,1-14H3/t25?,26-,27?,28?,29?,30+,33+,34?,35+,36?,37-,38?,39+,40?,42+,43?,44-,45?/m1/s1. The van der Waals surface area contributed by atoms with Crippen LogP contribution >= 0.6 is 0 Å². The molecule has 3 saturated heterocycles. The van der Waals surface area contributed by atoms with Crippen LogP contribution in [-0.4, -0.2) is 164 Å². The van der Waals surface area contributed by atoms with Crippen molar-refractivity contribution >= 4 is 15.8 Å². The summed E-state index contributed by atoms with van der Waals surface area (Å²) >= 11 is 0. The summed E-state index contributed by atoms with van der Waals surface area (Å²) in [6.07, 6.45) is -8.63. The number of esters is 1. The smallest absolute Gasteiger partial charge is 0.311 e. The van der Waals surface area contributed by atoms with Crippen molar-refractivity contribution in [3.63, 3.8) is 0 Å². The van der Waals surface area contributed by atoms with Gasteiger partial charge in [0.2, 0.25) is 0 Å². The van der Waals surface area contributed by atoms with E-state index in [1.165, 1.54) is 26.2 Å². The number of ether oxygens (including phenoxy) is 7. The number of aliphatic hydroxyl groups excluding tert-OH is 2. The first-order valence-corrected chi connectivity index (χ1v) is 24.0. The first kappa shape index (κ1) is 52.6. The van der Waals surface area contributed by atoms with Crippen molar-refractivity contribution in [2.24, 2.45) is 17.8 Å². The first-order valence-electron chi connectivity index (χ1n) is 22.3. The zero-order valence-electron chi connectivity index (χ0n) is 39.4. The molecule has 16 nitrogen and oxygen atoms in total. The fraction of sp³-hybridized carbons (Fsp3) is 0.844. The Hall–Kier alpha value is -2.00. The van der Waals surface area contributed by atoms with Gasteiger partial charge in [0.05, 0.1) is 58.2 Å². The lowest BCUT2D eigenvalue weighted by Crippen LogP contribution is -2.61. The van der Waals surface area contributed by atoms with E-state index in [9.17, 15) is 33.6 Å². The molecular weight excluding hydrogens is 825 g/mol. The highest BCUT2D eigenvalue weighted by atomic mass is 32.2. The van der Waals surface area contributed by atoms with Crippen molar-refractivity contribution in [1.29, 1.82) is 0 Å². The average Bonchev–Trinajstić information content (AvgIpc) is 3.21. The molecule has 1 aromatic rings. The second-order valence-electron chi connectivity index (χ2n) is 19.0. The van der Waals surface area contributed by atoms with Gasteiger partial charge in [0.25, 0.3) is 0 Å². The molecule has 3 aliphatic heterocycles. The number of carbonyl (C=O) groups excluding carboxylic acids is 1. The Bertz CT molecular complexity index is 1720. The third-order valence-electron chi connectivity index (χ3n) is 13.7. The van der Waals surface area contributed by atoms with Gasteiger partial charge in [0.15, 0.2) is 28.5 Å². The maximum absolute atomic E-state index is 14.5. The van der Waals surface area contributed by atoms with Gasteiger partial charge < -0.3 is 63.8 Å². The summed E-state index contributed by atoms with van der Waals surface area (Å²) in [6.45, 7) is 19.5. The molecule has 1 aromatic carbocycles. The van der Waals surface area contributed by atoms with E-state index in [1.807, 2.05) is 32.7 Å². The number of sulfone groups is 1. The molecule has 17 heteroatoms. The summed E-state index contributed by atoms with van der Waals surface area (Å²) in [7, 11) is 1.57. The van der Waals surface area contributed by atoms with E-state index in [-0.39, 0.29) is 53.7 Å². The molecule has 0 spiro atoms. The quantitative estimate of drug-likeness (QED) is 0.201. The average molecular weight is 903 g/mol. The van der Waals surface area contributed by atoms with Gasteiger partial charge >= 0.3 is 5.97 Å². The number of likely N-dealkylation sites (N-methyl/N-ethyl adjacent to an activating group) is 2. The minimum atomic E-state index is -3.55. The maximum Gasteiger partial charge on any atom is 0.311 e. The Kier molecular flexibility index (Phi) is 17.9. The minimum absolute atomic E-state index is 0.0859. The van der Waals surface area contributed by atoms with E-state index >= 15 is 0 Å². The molecule has 5 N–H and O–H groups in total. The summed E-state index contributed by atoms with van der Waals surface area (Å²) in [5.74, 6) is -2.60. The van der Waals surface area contributed by atoms with Crippen LogP contribution in [0, 0.1) is 17.8 Å². The highest BCUT2D eigenvalue weighted by molar-refractivity contribution is 7.91. The van der Waals surface area contributed by atoms with Gasteiger partial charge in [0.1, 0.15) is 29.7 Å². The van der Waals surface area contributed by atoms with Crippen LogP contribution in [0.2, 0.25) is 0 Å². The summed E-state index contributed by atoms with van der Waals surface area (Å²) in [5, 5.41) is 50.7. The fourth-order valence-electron chi connectivity index (χ4n) is 9.72. The molecule has 0 aliphatic carbocycles. The number of benzene rings is 1. The summed E-state index contributed by atoms with van der Waals surface area (Å²) in [4.78, 5) is 16.5. The normalized spacial score (nSPS) is 43.6. The molecule has 0 aromatic heterocycles. The van der Waals surface area contributed by atoms with Crippen molar-refractivity contribution in [3.05, 3.63) is 24.3 Å². The van der Waals surface area contributed by atoms with Crippen molar-refractivity contribution in [2.45, 2.75) is 197 Å². The van der Waals surface area contributed by atoms with E-state index in [2.05, 4.69) is 5.32 Å².